The number of fused-ring (bicyclic) bond motifs is 1. The van der Waals surface area contributed by atoms with Gasteiger partial charge >= 0.3 is 0 Å². The molecule has 4 rings (SSSR count). The van der Waals surface area contributed by atoms with Crippen molar-refractivity contribution in [3.63, 3.8) is 0 Å². The van der Waals surface area contributed by atoms with E-state index in [0.29, 0.717) is 24.5 Å². The van der Waals surface area contributed by atoms with E-state index < -0.39 is 11.5 Å². The fourth-order valence-electron chi connectivity index (χ4n) is 3.16. The maximum atomic E-state index is 14.4. The number of halogens is 1. The summed E-state index contributed by atoms with van der Waals surface area (Å²) in [5.41, 5.74) is 2.01. The molecule has 0 saturated carbocycles. The number of rotatable bonds is 9. The summed E-state index contributed by atoms with van der Waals surface area (Å²) in [7, 11) is 4.79. The number of aliphatic hydroxyl groups is 1. The Kier molecular flexibility index (Phi) is 6.89. The number of nitrogens with zero attached hydrogens (tertiary/aromatic N) is 2. The highest BCUT2D eigenvalue weighted by Gasteiger charge is 2.18. The summed E-state index contributed by atoms with van der Waals surface area (Å²) in [5.74, 6) is 0.249. The van der Waals surface area contributed by atoms with Crippen molar-refractivity contribution < 1.29 is 19.0 Å². The smallest absolute Gasteiger partial charge is 0.180 e. The first kappa shape index (κ1) is 23.1. The zero-order valence-electron chi connectivity index (χ0n) is 18.6. The van der Waals surface area contributed by atoms with Crippen molar-refractivity contribution >= 4 is 35.1 Å². The van der Waals surface area contributed by atoms with Gasteiger partial charge in [-0.25, -0.2) is 4.39 Å². The molecule has 3 N–H and O–H groups in total. The molecule has 0 spiro atoms. The topological polar surface area (TPSA) is 88.5 Å². The molecule has 0 aliphatic carbocycles. The van der Waals surface area contributed by atoms with Crippen LogP contribution in [0.3, 0.4) is 0 Å². The molecule has 0 aliphatic heterocycles. The van der Waals surface area contributed by atoms with Crippen LogP contribution in [0.25, 0.3) is 20.8 Å². The summed E-state index contributed by atoms with van der Waals surface area (Å²) in [6, 6.07) is 12.3. The Morgan fingerprint density at radius 2 is 2.00 bits per heavy atom. The van der Waals surface area contributed by atoms with Crippen molar-refractivity contribution in [2.45, 2.75) is 12.2 Å². The van der Waals surface area contributed by atoms with Crippen LogP contribution in [-0.2, 0) is 11.3 Å². The summed E-state index contributed by atoms with van der Waals surface area (Å²) >= 11 is 1.49. The number of ether oxygens (including phenoxy) is 2. The first-order chi connectivity index (χ1) is 15.9. The highest BCUT2D eigenvalue weighted by atomic mass is 32.1. The third kappa shape index (κ3) is 5.48. The summed E-state index contributed by atoms with van der Waals surface area (Å²) in [5, 5.41) is 15.9. The van der Waals surface area contributed by atoms with Crippen LogP contribution in [0.5, 0.6) is 11.5 Å². The Hall–Kier alpha value is -3.05. The fourth-order valence-corrected chi connectivity index (χ4v) is 4.21. The molecule has 4 aromatic rings. The molecule has 3 aromatic heterocycles. The molecule has 0 amide bonds. The normalized spacial score (nSPS) is 13.1. The van der Waals surface area contributed by atoms with E-state index >= 15 is 0 Å². The number of hydrogen-bond acceptors (Lipinski definition) is 8. The molecule has 0 saturated heterocycles. The van der Waals surface area contributed by atoms with Gasteiger partial charge in [-0.05, 0) is 29.8 Å². The largest absolute Gasteiger partial charge is 0.453 e. The maximum Gasteiger partial charge on any atom is 0.180 e. The Balaban J connectivity index is 1.52. The predicted octanol–water partition coefficient (Wildman–Crippen LogP) is 3.35. The van der Waals surface area contributed by atoms with Crippen LogP contribution in [0, 0.1) is 5.82 Å². The van der Waals surface area contributed by atoms with Crippen molar-refractivity contribution in [2.24, 2.45) is 0 Å². The molecular weight excluding hydrogens is 442 g/mol. The van der Waals surface area contributed by atoms with Gasteiger partial charge < -0.3 is 25.2 Å². The lowest BCUT2D eigenvalue weighted by atomic mass is 9.95. The molecule has 0 radical (unpaired) electrons. The maximum absolute atomic E-state index is 14.4. The van der Waals surface area contributed by atoms with E-state index in [1.807, 2.05) is 18.2 Å². The van der Waals surface area contributed by atoms with Gasteiger partial charge in [0.15, 0.2) is 19.4 Å². The summed E-state index contributed by atoms with van der Waals surface area (Å²) in [4.78, 5) is 9.92. The van der Waals surface area contributed by atoms with E-state index in [1.54, 1.807) is 45.5 Å². The minimum absolute atomic E-state index is 0.152. The number of pyridine rings is 2. The van der Waals surface area contributed by atoms with Gasteiger partial charge in [0.1, 0.15) is 11.4 Å². The van der Waals surface area contributed by atoms with Crippen molar-refractivity contribution in [1.29, 1.82) is 0 Å². The molecule has 3 heterocycles. The molecule has 7 nitrogen and oxygen atoms in total. The molecule has 170 valence electrons. The lowest BCUT2D eigenvalue weighted by molar-refractivity contribution is -0.112. The summed E-state index contributed by atoms with van der Waals surface area (Å²) < 4.78 is 26.1. The fraction of sp³-hybridized carbons (Fsp3) is 0.217. The summed E-state index contributed by atoms with van der Waals surface area (Å²) in [6.07, 6.45) is 3.43. The number of thiophene rings is 1. The second kappa shape index (κ2) is 9.84. The predicted molar refractivity (Wildman–Crippen MR) is 131 cm³/mol. The quantitative estimate of drug-likeness (QED) is 0.258. The third-order valence-electron chi connectivity index (χ3n) is 5.12. The SMILES string of the molecule is BC(O)(CNCc1ccc(-c2cc3nccc(Oc4ccc(NC)cc4F)c3s2)nc1)OC. The van der Waals surface area contributed by atoms with Crippen LogP contribution in [0.2, 0.25) is 0 Å². The number of aromatic nitrogens is 2. The van der Waals surface area contributed by atoms with E-state index in [0.717, 1.165) is 26.4 Å². The van der Waals surface area contributed by atoms with Crippen molar-refractivity contribution in [3.05, 3.63) is 66.2 Å². The van der Waals surface area contributed by atoms with E-state index in [9.17, 15) is 9.50 Å². The Morgan fingerprint density at radius 3 is 2.70 bits per heavy atom. The van der Waals surface area contributed by atoms with Crippen LogP contribution < -0.4 is 15.4 Å². The van der Waals surface area contributed by atoms with Gasteiger partial charge in [-0.1, -0.05) is 6.07 Å². The zero-order chi connectivity index (χ0) is 23.4. The van der Waals surface area contributed by atoms with Crippen LogP contribution in [0.1, 0.15) is 5.56 Å². The van der Waals surface area contributed by atoms with E-state index in [2.05, 4.69) is 20.6 Å². The molecule has 1 aromatic carbocycles. The highest BCUT2D eigenvalue weighted by Crippen LogP contribution is 2.39. The van der Waals surface area contributed by atoms with E-state index in [-0.39, 0.29) is 5.75 Å². The monoisotopic (exact) mass is 466 g/mol. The molecule has 0 bridgehead atoms. The number of hydrogen-bond donors (Lipinski definition) is 3. The van der Waals surface area contributed by atoms with Crippen molar-refractivity contribution in [2.75, 3.05) is 26.0 Å². The molecule has 33 heavy (non-hydrogen) atoms. The highest BCUT2D eigenvalue weighted by molar-refractivity contribution is 7.22. The number of anilines is 1. The molecular formula is C23H24BFN4O3S. The zero-order valence-corrected chi connectivity index (χ0v) is 19.4. The second-order valence-corrected chi connectivity index (χ2v) is 8.72. The van der Waals surface area contributed by atoms with Gasteiger partial charge in [-0.3, -0.25) is 9.97 Å². The van der Waals surface area contributed by atoms with Crippen LogP contribution in [-0.4, -0.2) is 49.3 Å². The molecule has 0 aliphatic rings. The third-order valence-corrected chi connectivity index (χ3v) is 6.28. The lowest BCUT2D eigenvalue weighted by Crippen LogP contribution is -2.42. The molecule has 10 heteroatoms. The minimum Gasteiger partial charge on any atom is -0.453 e. The average molecular weight is 466 g/mol. The molecule has 1 unspecified atom stereocenters. The minimum atomic E-state index is -1.21. The Morgan fingerprint density at radius 1 is 1.15 bits per heavy atom. The summed E-state index contributed by atoms with van der Waals surface area (Å²) in [6.45, 7) is 0.852. The average Bonchev–Trinajstić information content (AvgIpc) is 3.26. The van der Waals surface area contributed by atoms with Gasteiger partial charge in [-0.2, -0.15) is 0 Å². The van der Waals surface area contributed by atoms with Crippen LogP contribution in [0.15, 0.2) is 54.9 Å². The Bertz CT molecular complexity index is 1250. The van der Waals surface area contributed by atoms with Gasteiger partial charge in [0.05, 0.1) is 20.8 Å². The molecule has 0 fully saturated rings. The lowest BCUT2D eigenvalue weighted by Gasteiger charge is -2.22. The number of methoxy groups -OCH3 is 1. The van der Waals surface area contributed by atoms with Gasteiger partial charge in [0, 0.05) is 57.5 Å². The first-order valence-electron chi connectivity index (χ1n) is 10.4. The standard InChI is InChI=1S/C23H24BFN4O3S/c1-26-15-4-6-19(16(25)9-15)32-20-7-8-28-18-10-21(33-22(18)20)17-5-3-14(12-29-17)11-27-13-23(24,30)31-2/h3-10,12,26-27,30H,11,13,24H2,1-2H3. The van der Waals surface area contributed by atoms with Crippen molar-refractivity contribution in [1.82, 2.24) is 15.3 Å². The van der Waals surface area contributed by atoms with E-state index in [1.165, 1.54) is 24.5 Å². The van der Waals surface area contributed by atoms with Gasteiger partial charge in [-0.15, -0.1) is 11.3 Å². The van der Waals surface area contributed by atoms with E-state index in [4.69, 9.17) is 9.47 Å². The number of nitrogens with one attached hydrogen (secondary N) is 2. The van der Waals surface area contributed by atoms with Gasteiger partial charge in [0.2, 0.25) is 0 Å². The Labute approximate surface area is 196 Å². The number of benzene rings is 1. The van der Waals surface area contributed by atoms with Crippen LogP contribution in [0.4, 0.5) is 10.1 Å². The second-order valence-electron chi connectivity index (χ2n) is 7.67. The first-order valence-corrected chi connectivity index (χ1v) is 11.2. The van der Waals surface area contributed by atoms with Crippen LogP contribution >= 0.6 is 11.3 Å². The van der Waals surface area contributed by atoms with Gasteiger partial charge in [0.25, 0.3) is 0 Å². The molecule has 1 atom stereocenters. The van der Waals surface area contributed by atoms with Crippen molar-refractivity contribution in [3.8, 4) is 22.1 Å².